The number of nitrogens with two attached hydrogens (primary N) is 3. The third-order valence-electron chi connectivity index (χ3n) is 11.0. The number of benzene rings is 4. The van der Waals surface area contributed by atoms with Crippen LogP contribution in [0, 0.1) is 0 Å². The highest BCUT2D eigenvalue weighted by Crippen LogP contribution is 2.26. The minimum atomic E-state index is 0. The summed E-state index contributed by atoms with van der Waals surface area (Å²) in [5.41, 5.74) is 23.7. The summed E-state index contributed by atoms with van der Waals surface area (Å²) in [6.45, 7) is 6.22. The first-order chi connectivity index (χ1) is 32.5. The maximum absolute atomic E-state index is 10.6. The molecule has 2 fully saturated rings. The molecule has 12 nitrogen and oxygen atoms in total. The van der Waals surface area contributed by atoms with Crippen LogP contribution in [-0.2, 0) is 19.3 Å². The van der Waals surface area contributed by atoms with Gasteiger partial charge in [-0.1, -0.05) is 145 Å². The van der Waals surface area contributed by atoms with E-state index in [1.54, 1.807) is 65.0 Å². The van der Waals surface area contributed by atoms with Gasteiger partial charge in [0.25, 0.3) is 0 Å². The average molecular weight is 1060 g/mol. The topological polar surface area (TPSA) is 187 Å². The van der Waals surface area contributed by atoms with Gasteiger partial charge in [-0.3, -0.25) is 14.6 Å². The summed E-state index contributed by atoms with van der Waals surface area (Å²) in [4.78, 5) is 33.4. The van der Waals surface area contributed by atoms with Gasteiger partial charge in [0, 0.05) is 53.2 Å². The Morgan fingerprint density at radius 3 is 1.64 bits per heavy atom. The van der Waals surface area contributed by atoms with Crippen LogP contribution in [0.2, 0.25) is 0 Å². The number of methoxy groups -OCH3 is 4. The Morgan fingerprint density at radius 2 is 1.16 bits per heavy atom. The number of hydrogen-bond donors (Lipinski definition) is 3. The van der Waals surface area contributed by atoms with E-state index in [9.17, 15) is 9.59 Å². The number of nitrogen functional groups attached to an aromatic ring is 2. The fourth-order valence-corrected chi connectivity index (χ4v) is 7.40. The summed E-state index contributed by atoms with van der Waals surface area (Å²) in [5.74, 6) is 3.93. The Morgan fingerprint density at radius 1 is 0.652 bits per heavy atom. The fourth-order valence-electron chi connectivity index (χ4n) is 7.40. The molecule has 2 aliphatic carbocycles. The van der Waals surface area contributed by atoms with Crippen LogP contribution in [0.25, 0.3) is 0 Å². The molecule has 6 N–H and O–H groups in total. The Kier molecular flexibility index (Phi) is 35.2. The van der Waals surface area contributed by atoms with E-state index in [1.807, 2.05) is 55.6 Å². The molecule has 0 aliphatic heterocycles. The lowest BCUT2D eigenvalue weighted by atomic mass is 9.96. The molecule has 2 aliphatic rings. The van der Waals surface area contributed by atoms with E-state index in [2.05, 4.69) is 63.5 Å². The van der Waals surface area contributed by atoms with E-state index < -0.39 is 0 Å². The largest absolute Gasteiger partial charge is 0.497 e. The van der Waals surface area contributed by atoms with E-state index in [1.165, 1.54) is 79.8 Å². The second-order valence-electron chi connectivity index (χ2n) is 15.7. The Bertz CT molecular complexity index is 2180. The van der Waals surface area contributed by atoms with E-state index in [0.29, 0.717) is 35.6 Å². The third kappa shape index (κ3) is 24.5. The van der Waals surface area contributed by atoms with Crippen molar-refractivity contribution in [3.8, 4) is 23.0 Å². The molecule has 2 saturated carbocycles. The molecule has 69 heavy (non-hydrogen) atoms. The predicted octanol–water partition coefficient (Wildman–Crippen LogP) is 12.8. The van der Waals surface area contributed by atoms with Gasteiger partial charge >= 0.3 is 0 Å². The minimum absolute atomic E-state index is 0. The van der Waals surface area contributed by atoms with E-state index in [0.717, 1.165) is 64.9 Å². The molecular weight excluding hydrogens is 980 g/mol. The van der Waals surface area contributed by atoms with E-state index in [-0.39, 0.29) is 20.8 Å². The molecule has 7 rings (SSSR count). The Balaban J connectivity index is 0.000000846. The highest BCUT2D eigenvalue weighted by molar-refractivity contribution is 14.1. The van der Waals surface area contributed by atoms with Gasteiger partial charge in [0.1, 0.15) is 41.4 Å². The normalized spacial score (nSPS) is 12.8. The number of halogens is 1. The molecule has 380 valence electrons. The van der Waals surface area contributed by atoms with Crippen molar-refractivity contribution in [3.05, 3.63) is 130 Å². The third-order valence-corrected chi connectivity index (χ3v) is 11.0. The number of aromatic nitrogens is 2. The summed E-state index contributed by atoms with van der Waals surface area (Å²) in [5, 5.41) is 0. The van der Waals surface area contributed by atoms with Crippen LogP contribution in [0.1, 0.15) is 148 Å². The van der Waals surface area contributed by atoms with Crippen molar-refractivity contribution in [2.24, 2.45) is 10.7 Å². The molecular formula is C56H83IN6O6. The summed E-state index contributed by atoms with van der Waals surface area (Å²) >= 11 is 2.29. The van der Waals surface area contributed by atoms with Gasteiger partial charge in [0.05, 0.1) is 28.4 Å². The van der Waals surface area contributed by atoms with Crippen molar-refractivity contribution in [1.29, 1.82) is 0 Å². The standard InChI is InChI=1S/C14H18N4O.C14H19NO.C10H12O2.C8H8O2.C6H13N.C2H5I.2CH4/c1-3-11-9(5-4-6-12(11)19-2)7-10-8-17-14(16)18-13(10)15;1-16-14-9-5-6-12(10-14)11-15-13-7-3-2-4-8-13;1-3-9-8(7-11)5-4-6-10(9)12-2;1-10-8-4-2-3-7(5-8)6-9;7-6-4-2-1-3-5-6;1-2-3;;/h4-6,8H,3,7H2,1-2H3,(H4,15,16,17,18);5-6,9-11,13H,2-4,7-8H2,1H3;4-7H,3H2,1-2H3;2-6H,1H3;6H,1-5,7H2;2H2,1H3;2*1H4. The summed E-state index contributed by atoms with van der Waals surface area (Å²) < 4.78 is 21.8. The molecule has 13 heteroatoms. The SMILES string of the molecule is C.C.CCI.CCc1c(C=O)cccc1OC.CCc1c(Cc2cnc(N)nc2N)cccc1OC.COc1cccc(C=NC2CCCCC2)c1.COc1cccc(C=O)c1.NC1CCCCC1. The zero-order chi connectivity index (χ0) is 49.2. The number of nitrogens with zero attached hydrogens (tertiary/aromatic N) is 3. The molecule has 0 saturated heterocycles. The number of carbonyl (C=O) groups excluding carboxylic acids is 2. The Labute approximate surface area is 428 Å². The van der Waals surface area contributed by atoms with Crippen LogP contribution in [-0.4, -0.2) is 73.7 Å². The number of hydrogen-bond acceptors (Lipinski definition) is 12. The highest BCUT2D eigenvalue weighted by Gasteiger charge is 2.12. The molecule has 1 aromatic heterocycles. The number of rotatable bonds is 12. The summed E-state index contributed by atoms with van der Waals surface area (Å²) in [7, 11) is 6.56. The van der Waals surface area contributed by atoms with Crippen molar-refractivity contribution in [1.82, 2.24) is 9.97 Å². The van der Waals surface area contributed by atoms with Crippen LogP contribution in [0.4, 0.5) is 11.8 Å². The predicted molar refractivity (Wildman–Crippen MR) is 299 cm³/mol. The van der Waals surface area contributed by atoms with Crippen molar-refractivity contribution < 1.29 is 28.5 Å². The fraction of sp³-hybridized carbons (Fsp3) is 0.446. The van der Waals surface area contributed by atoms with Gasteiger partial charge in [-0.15, -0.1) is 0 Å². The molecule has 0 bridgehead atoms. The smallest absolute Gasteiger partial charge is 0.221 e. The zero-order valence-electron chi connectivity index (χ0n) is 40.8. The zero-order valence-corrected chi connectivity index (χ0v) is 43.0. The average Bonchev–Trinajstić information content (AvgIpc) is 3.37. The molecule has 1 heterocycles. The molecule has 0 unspecified atom stereocenters. The van der Waals surface area contributed by atoms with Gasteiger partial charge in [-0.2, -0.15) is 4.98 Å². The van der Waals surface area contributed by atoms with Crippen LogP contribution in [0.15, 0.2) is 96.1 Å². The number of ether oxygens (including phenoxy) is 4. The maximum atomic E-state index is 10.6. The quantitative estimate of drug-likeness (QED) is 0.0467. The molecule has 0 spiro atoms. The molecule has 0 amide bonds. The van der Waals surface area contributed by atoms with Gasteiger partial charge in [-0.25, -0.2) is 4.98 Å². The molecule has 5 aromatic rings. The second kappa shape index (κ2) is 38.3. The lowest BCUT2D eigenvalue weighted by molar-refractivity contribution is 0.111. The van der Waals surface area contributed by atoms with Gasteiger partial charge in [-0.05, 0) is 96.0 Å². The Hall–Kier alpha value is -5.54. The van der Waals surface area contributed by atoms with Gasteiger partial charge < -0.3 is 36.1 Å². The van der Waals surface area contributed by atoms with E-state index in [4.69, 9.17) is 36.1 Å². The van der Waals surface area contributed by atoms with Crippen molar-refractivity contribution in [3.63, 3.8) is 0 Å². The van der Waals surface area contributed by atoms with Crippen molar-refractivity contribution in [2.75, 3.05) is 44.3 Å². The van der Waals surface area contributed by atoms with Gasteiger partial charge in [0.2, 0.25) is 5.95 Å². The monoisotopic (exact) mass is 1060 g/mol. The number of aldehydes is 2. The van der Waals surface area contributed by atoms with E-state index >= 15 is 0 Å². The summed E-state index contributed by atoms with van der Waals surface area (Å²) in [6.07, 6.45) is 20.9. The van der Waals surface area contributed by atoms with Gasteiger partial charge in [0.15, 0.2) is 0 Å². The van der Waals surface area contributed by atoms with Crippen LogP contribution in [0.3, 0.4) is 0 Å². The number of carbonyl (C=O) groups is 2. The van der Waals surface area contributed by atoms with Crippen LogP contribution >= 0.6 is 22.6 Å². The number of aliphatic imine (C=N–C) groups is 1. The molecule has 0 radical (unpaired) electrons. The minimum Gasteiger partial charge on any atom is -0.497 e. The molecule has 4 aromatic carbocycles. The molecule has 0 atom stereocenters. The highest BCUT2D eigenvalue weighted by atomic mass is 127. The van der Waals surface area contributed by atoms with Crippen LogP contribution < -0.4 is 36.1 Å². The van der Waals surface area contributed by atoms with Crippen molar-refractivity contribution in [2.45, 2.75) is 131 Å². The van der Waals surface area contributed by atoms with Crippen molar-refractivity contribution >= 4 is 53.1 Å². The maximum Gasteiger partial charge on any atom is 0.221 e. The first kappa shape index (κ1) is 63.5. The van der Waals surface area contributed by atoms with Crippen LogP contribution in [0.5, 0.6) is 23.0 Å². The number of alkyl halides is 1. The summed E-state index contributed by atoms with van der Waals surface area (Å²) in [6, 6.07) is 27.6. The lowest BCUT2D eigenvalue weighted by Gasteiger charge is -2.17. The first-order valence-corrected chi connectivity index (χ1v) is 24.8. The lowest BCUT2D eigenvalue weighted by Crippen LogP contribution is -2.22. The second-order valence-corrected chi connectivity index (χ2v) is 17.2. The number of anilines is 2. The first-order valence-electron chi connectivity index (χ1n) is 23.2.